The standard InChI is InChI=1S/C14H17BrO5/c1-3-19-13(16)6-7-14(17)20-9-10-8-11(15)4-5-12(10)18-2/h4-5,8H,3,6-7,9H2,1-2H3. The molecule has 20 heavy (non-hydrogen) atoms. The van der Waals surface area contributed by atoms with E-state index >= 15 is 0 Å². The Morgan fingerprint density at radius 2 is 1.80 bits per heavy atom. The maximum atomic E-state index is 11.5. The van der Waals surface area contributed by atoms with Crippen molar-refractivity contribution in [1.82, 2.24) is 0 Å². The van der Waals surface area contributed by atoms with Crippen molar-refractivity contribution in [3.8, 4) is 5.75 Å². The molecule has 1 aromatic carbocycles. The highest BCUT2D eigenvalue weighted by molar-refractivity contribution is 9.10. The lowest BCUT2D eigenvalue weighted by Gasteiger charge is -2.09. The van der Waals surface area contributed by atoms with E-state index in [0.717, 1.165) is 10.0 Å². The Balaban J connectivity index is 2.44. The number of hydrogen-bond acceptors (Lipinski definition) is 5. The van der Waals surface area contributed by atoms with Crippen molar-refractivity contribution in [3.63, 3.8) is 0 Å². The highest BCUT2D eigenvalue weighted by atomic mass is 79.9. The van der Waals surface area contributed by atoms with E-state index in [2.05, 4.69) is 15.9 Å². The van der Waals surface area contributed by atoms with Crippen molar-refractivity contribution in [3.05, 3.63) is 28.2 Å². The Labute approximate surface area is 126 Å². The molecule has 0 fully saturated rings. The monoisotopic (exact) mass is 344 g/mol. The minimum atomic E-state index is -0.444. The third kappa shape index (κ3) is 5.61. The molecule has 0 bridgehead atoms. The number of benzene rings is 1. The van der Waals surface area contributed by atoms with Gasteiger partial charge in [-0.25, -0.2) is 0 Å². The Morgan fingerprint density at radius 1 is 1.15 bits per heavy atom. The zero-order chi connectivity index (χ0) is 15.0. The molecule has 0 aliphatic heterocycles. The topological polar surface area (TPSA) is 61.8 Å². The van der Waals surface area contributed by atoms with Gasteiger partial charge >= 0.3 is 11.9 Å². The molecule has 0 aromatic heterocycles. The fourth-order valence-corrected chi connectivity index (χ4v) is 1.94. The molecule has 0 saturated carbocycles. The van der Waals surface area contributed by atoms with Crippen LogP contribution in [0.5, 0.6) is 5.75 Å². The normalized spacial score (nSPS) is 9.95. The second kappa shape index (κ2) is 8.58. The molecule has 6 heteroatoms. The van der Waals surface area contributed by atoms with Gasteiger partial charge in [0.05, 0.1) is 26.6 Å². The van der Waals surface area contributed by atoms with Crippen molar-refractivity contribution in [1.29, 1.82) is 0 Å². The lowest BCUT2D eigenvalue weighted by molar-refractivity contribution is -0.150. The molecule has 0 saturated heterocycles. The van der Waals surface area contributed by atoms with Crippen molar-refractivity contribution >= 4 is 27.9 Å². The summed E-state index contributed by atoms with van der Waals surface area (Å²) < 4.78 is 15.9. The molecule has 0 atom stereocenters. The Kier molecular flexibility index (Phi) is 7.08. The summed E-state index contributed by atoms with van der Waals surface area (Å²) >= 11 is 3.34. The molecule has 0 N–H and O–H groups in total. The van der Waals surface area contributed by atoms with E-state index in [1.165, 1.54) is 0 Å². The zero-order valence-electron chi connectivity index (χ0n) is 11.5. The molecule has 0 heterocycles. The first-order valence-electron chi connectivity index (χ1n) is 6.20. The average Bonchev–Trinajstić information content (AvgIpc) is 2.43. The van der Waals surface area contributed by atoms with Gasteiger partial charge in [0.25, 0.3) is 0 Å². The first kappa shape index (κ1) is 16.5. The summed E-state index contributed by atoms with van der Waals surface area (Å²) in [6.45, 7) is 2.13. The van der Waals surface area contributed by atoms with Crippen LogP contribution in [0.2, 0.25) is 0 Å². The number of carbonyl (C=O) groups excluding carboxylic acids is 2. The average molecular weight is 345 g/mol. The number of carbonyl (C=O) groups is 2. The van der Waals surface area contributed by atoms with Gasteiger partial charge in [0.2, 0.25) is 0 Å². The summed E-state index contributed by atoms with van der Waals surface area (Å²) in [5.41, 5.74) is 0.756. The van der Waals surface area contributed by atoms with Gasteiger partial charge < -0.3 is 14.2 Å². The summed E-state index contributed by atoms with van der Waals surface area (Å²) in [7, 11) is 1.55. The third-order valence-electron chi connectivity index (χ3n) is 2.47. The smallest absolute Gasteiger partial charge is 0.306 e. The van der Waals surface area contributed by atoms with E-state index in [9.17, 15) is 9.59 Å². The second-order valence-corrected chi connectivity index (χ2v) is 4.84. The molecule has 0 aliphatic carbocycles. The second-order valence-electron chi connectivity index (χ2n) is 3.92. The largest absolute Gasteiger partial charge is 0.496 e. The predicted octanol–water partition coefficient (Wildman–Crippen LogP) is 2.84. The molecule has 110 valence electrons. The van der Waals surface area contributed by atoms with Gasteiger partial charge in [-0.05, 0) is 25.1 Å². The summed E-state index contributed by atoms with van der Waals surface area (Å²) in [6, 6.07) is 5.44. The highest BCUT2D eigenvalue weighted by Crippen LogP contribution is 2.23. The molecule has 5 nitrogen and oxygen atoms in total. The van der Waals surface area contributed by atoms with Crippen LogP contribution in [0.1, 0.15) is 25.3 Å². The number of esters is 2. The van der Waals surface area contributed by atoms with Gasteiger partial charge in [0.1, 0.15) is 12.4 Å². The van der Waals surface area contributed by atoms with Crippen LogP contribution in [0.3, 0.4) is 0 Å². The first-order valence-corrected chi connectivity index (χ1v) is 6.99. The lowest BCUT2D eigenvalue weighted by atomic mass is 10.2. The van der Waals surface area contributed by atoms with Crippen molar-refractivity contribution in [2.24, 2.45) is 0 Å². The molecular formula is C14H17BrO5. The van der Waals surface area contributed by atoms with Crippen LogP contribution >= 0.6 is 15.9 Å². The SMILES string of the molecule is CCOC(=O)CCC(=O)OCc1cc(Br)ccc1OC. The fourth-order valence-electron chi connectivity index (χ4n) is 1.53. The summed E-state index contributed by atoms with van der Waals surface area (Å²) in [6.07, 6.45) is 0.0391. The third-order valence-corrected chi connectivity index (χ3v) is 2.96. The van der Waals surface area contributed by atoms with E-state index in [-0.39, 0.29) is 19.4 Å². The van der Waals surface area contributed by atoms with Gasteiger partial charge in [-0.1, -0.05) is 15.9 Å². The Morgan fingerprint density at radius 3 is 2.40 bits per heavy atom. The zero-order valence-corrected chi connectivity index (χ0v) is 13.1. The van der Waals surface area contributed by atoms with Gasteiger partial charge in [-0.2, -0.15) is 0 Å². The van der Waals surface area contributed by atoms with Crippen molar-refractivity contribution in [2.45, 2.75) is 26.4 Å². The molecule has 0 radical (unpaired) electrons. The lowest BCUT2D eigenvalue weighted by Crippen LogP contribution is -2.10. The van der Waals surface area contributed by atoms with Crippen LogP contribution in [0.4, 0.5) is 0 Å². The van der Waals surface area contributed by atoms with Crippen molar-refractivity contribution in [2.75, 3.05) is 13.7 Å². The van der Waals surface area contributed by atoms with Crippen LogP contribution in [0, 0.1) is 0 Å². The van der Waals surface area contributed by atoms with E-state index in [1.807, 2.05) is 12.1 Å². The maximum Gasteiger partial charge on any atom is 0.306 e. The van der Waals surface area contributed by atoms with Crippen LogP contribution in [-0.2, 0) is 25.7 Å². The molecule has 0 aliphatic rings. The van der Waals surface area contributed by atoms with E-state index in [1.54, 1.807) is 20.1 Å². The number of halogens is 1. The minimum Gasteiger partial charge on any atom is -0.496 e. The van der Waals surface area contributed by atoms with Crippen LogP contribution in [0.15, 0.2) is 22.7 Å². The predicted molar refractivity (Wildman–Crippen MR) is 76.4 cm³/mol. The maximum absolute atomic E-state index is 11.5. The highest BCUT2D eigenvalue weighted by Gasteiger charge is 2.10. The molecule has 0 amide bonds. The summed E-state index contributed by atoms with van der Waals surface area (Å²) in [5.74, 6) is -0.198. The van der Waals surface area contributed by atoms with Crippen molar-refractivity contribution < 1.29 is 23.8 Å². The molecule has 1 rings (SSSR count). The molecule has 1 aromatic rings. The summed E-state index contributed by atoms with van der Waals surface area (Å²) in [5, 5.41) is 0. The molecule has 0 spiro atoms. The number of hydrogen-bond donors (Lipinski definition) is 0. The first-order chi connectivity index (χ1) is 9.56. The minimum absolute atomic E-state index is 0.00908. The van der Waals surface area contributed by atoms with E-state index in [4.69, 9.17) is 14.2 Å². The van der Waals surface area contributed by atoms with Gasteiger partial charge in [0.15, 0.2) is 0 Å². The van der Waals surface area contributed by atoms with Gasteiger partial charge in [-0.15, -0.1) is 0 Å². The quantitative estimate of drug-likeness (QED) is 0.711. The van der Waals surface area contributed by atoms with Gasteiger partial charge in [-0.3, -0.25) is 9.59 Å². The molecule has 0 unspecified atom stereocenters. The Hall–Kier alpha value is -1.56. The number of rotatable bonds is 7. The van der Waals surface area contributed by atoms with E-state index < -0.39 is 11.9 Å². The fraction of sp³-hybridized carbons (Fsp3) is 0.429. The van der Waals surface area contributed by atoms with Crippen LogP contribution in [-0.4, -0.2) is 25.7 Å². The summed E-state index contributed by atoms with van der Waals surface area (Å²) in [4.78, 5) is 22.6. The van der Waals surface area contributed by atoms with Gasteiger partial charge in [0, 0.05) is 10.0 Å². The van der Waals surface area contributed by atoms with E-state index in [0.29, 0.717) is 12.4 Å². The number of methoxy groups -OCH3 is 1. The van der Waals surface area contributed by atoms with Crippen LogP contribution < -0.4 is 4.74 Å². The van der Waals surface area contributed by atoms with Crippen LogP contribution in [0.25, 0.3) is 0 Å². The number of ether oxygens (including phenoxy) is 3. The Bertz CT molecular complexity index is 473. The molecular weight excluding hydrogens is 328 g/mol.